The van der Waals surface area contributed by atoms with E-state index in [4.69, 9.17) is 0 Å². The second kappa shape index (κ2) is 5.72. The molecule has 5 rings (SSSR count). The highest BCUT2D eigenvalue weighted by Crippen LogP contribution is 2.58. The number of para-hydroxylation sites is 1. The second-order valence-corrected chi connectivity index (χ2v) is 8.37. The number of rotatable bonds is 5. The third-order valence-corrected chi connectivity index (χ3v) is 6.63. The third-order valence-electron chi connectivity index (χ3n) is 6.63. The Morgan fingerprint density at radius 1 is 0.958 bits per heavy atom. The van der Waals surface area contributed by atoms with Crippen molar-refractivity contribution < 1.29 is 10.2 Å². The number of aliphatic hydroxyl groups excluding tert-OH is 1. The van der Waals surface area contributed by atoms with E-state index in [9.17, 15) is 10.2 Å². The number of phenolic OH excluding ortho intramolecular Hbond substituents is 1. The maximum atomic E-state index is 11.3. The van der Waals surface area contributed by atoms with Gasteiger partial charge in [0.25, 0.3) is 0 Å². The van der Waals surface area contributed by atoms with Gasteiger partial charge >= 0.3 is 0 Å². The molecule has 0 radical (unpaired) electrons. The van der Waals surface area contributed by atoms with Crippen LogP contribution in [0.25, 0.3) is 0 Å². The lowest BCUT2D eigenvalue weighted by Gasteiger charge is -2.70. The lowest BCUT2D eigenvalue weighted by molar-refractivity contribution is -0.268. The van der Waals surface area contributed by atoms with Crippen LogP contribution in [0.2, 0.25) is 0 Å². The van der Waals surface area contributed by atoms with E-state index < -0.39 is 0 Å². The van der Waals surface area contributed by atoms with Crippen LogP contribution in [-0.2, 0) is 0 Å². The number of nitrogens with zero attached hydrogens (tertiary/aromatic N) is 2. The smallest absolute Gasteiger partial charge is 0.121 e. The van der Waals surface area contributed by atoms with Crippen LogP contribution in [0.15, 0.2) is 24.3 Å². The molecule has 4 aliphatic rings. The average molecular weight is 330 g/mol. The Balaban J connectivity index is 1.74. The fourth-order valence-corrected chi connectivity index (χ4v) is 6.09. The van der Waals surface area contributed by atoms with Crippen molar-refractivity contribution in [3.63, 3.8) is 0 Å². The summed E-state index contributed by atoms with van der Waals surface area (Å²) in [4.78, 5) is 5.06. The van der Waals surface area contributed by atoms with Gasteiger partial charge in [-0.05, 0) is 18.9 Å². The minimum atomic E-state index is -0.192. The number of piperidine rings is 2. The molecule has 132 valence electrons. The zero-order chi connectivity index (χ0) is 16.9. The summed E-state index contributed by atoms with van der Waals surface area (Å²) in [6.45, 7) is 8.24. The Hall–Kier alpha value is -1.10. The number of phenols is 1. The maximum Gasteiger partial charge on any atom is 0.121 e. The molecule has 4 heterocycles. The van der Waals surface area contributed by atoms with Crippen LogP contribution in [0, 0.1) is 10.8 Å². The van der Waals surface area contributed by atoms with Gasteiger partial charge in [-0.3, -0.25) is 9.80 Å². The van der Waals surface area contributed by atoms with Crippen LogP contribution in [0.3, 0.4) is 0 Å². The average Bonchev–Trinajstić information content (AvgIpc) is 2.53. The summed E-state index contributed by atoms with van der Waals surface area (Å²) in [5.74, 6) is 0.393. The number of aromatic hydroxyl groups is 1. The van der Waals surface area contributed by atoms with Crippen molar-refractivity contribution in [3.05, 3.63) is 29.8 Å². The van der Waals surface area contributed by atoms with Gasteiger partial charge in [0.15, 0.2) is 0 Å². The molecular weight excluding hydrogens is 300 g/mol. The summed E-state index contributed by atoms with van der Waals surface area (Å²) in [6, 6.07) is 7.75. The third kappa shape index (κ3) is 2.16. The Labute approximate surface area is 145 Å². The van der Waals surface area contributed by atoms with Crippen molar-refractivity contribution >= 4 is 0 Å². The molecule has 4 fully saturated rings. The summed E-state index contributed by atoms with van der Waals surface area (Å²) in [5.41, 5.74) is 1.02. The fraction of sp³-hybridized carbons (Fsp3) is 0.700. The lowest BCUT2D eigenvalue weighted by Crippen LogP contribution is -2.78. The summed E-state index contributed by atoms with van der Waals surface area (Å²) in [5, 5.41) is 21.7. The van der Waals surface area contributed by atoms with Gasteiger partial charge in [0.2, 0.25) is 0 Å². The molecule has 4 saturated heterocycles. The summed E-state index contributed by atoms with van der Waals surface area (Å²) < 4.78 is 0. The molecule has 4 nitrogen and oxygen atoms in total. The van der Waals surface area contributed by atoms with Gasteiger partial charge in [0.1, 0.15) is 5.75 Å². The molecule has 4 bridgehead atoms. The molecule has 0 unspecified atom stereocenters. The Morgan fingerprint density at radius 3 is 1.92 bits per heavy atom. The van der Waals surface area contributed by atoms with E-state index in [0.717, 1.165) is 57.4 Å². The molecular formula is C20H30N2O2. The van der Waals surface area contributed by atoms with Gasteiger partial charge in [-0.15, -0.1) is 0 Å². The SMILES string of the molecule is CCCC12CN3CC(CCC)(CN(C1)C3c1ccccc1O)C2O. The van der Waals surface area contributed by atoms with Gasteiger partial charge < -0.3 is 10.2 Å². The number of hydrogen-bond acceptors (Lipinski definition) is 4. The molecule has 0 saturated carbocycles. The van der Waals surface area contributed by atoms with E-state index in [-0.39, 0.29) is 23.1 Å². The van der Waals surface area contributed by atoms with E-state index in [1.54, 1.807) is 6.07 Å². The van der Waals surface area contributed by atoms with Crippen LogP contribution in [-0.4, -0.2) is 52.3 Å². The van der Waals surface area contributed by atoms with E-state index in [1.807, 2.05) is 12.1 Å². The zero-order valence-electron chi connectivity index (χ0n) is 14.9. The summed E-state index contributed by atoms with van der Waals surface area (Å²) in [6.07, 6.45) is 4.36. The molecule has 1 aromatic rings. The molecule has 4 aliphatic heterocycles. The summed E-state index contributed by atoms with van der Waals surface area (Å²) >= 11 is 0. The molecule has 4 heteroatoms. The first-order chi connectivity index (χ1) is 11.6. The lowest BCUT2D eigenvalue weighted by atomic mass is 9.56. The molecule has 0 aromatic heterocycles. The van der Waals surface area contributed by atoms with Gasteiger partial charge in [-0.1, -0.05) is 44.9 Å². The predicted molar refractivity (Wildman–Crippen MR) is 94.7 cm³/mol. The monoisotopic (exact) mass is 330 g/mol. The minimum Gasteiger partial charge on any atom is -0.508 e. The number of hydrogen-bond donors (Lipinski definition) is 2. The fourth-order valence-electron chi connectivity index (χ4n) is 6.09. The Kier molecular flexibility index (Phi) is 3.90. The largest absolute Gasteiger partial charge is 0.508 e. The molecule has 24 heavy (non-hydrogen) atoms. The van der Waals surface area contributed by atoms with E-state index in [1.165, 1.54) is 0 Å². The molecule has 0 spiro atoms. The standard InChI is InChI=1S/C20H30N2O2/c1-3-9-19-11-21-13-20(10-4-2,18(19)24)14-22(12-19)17(21)15-7-5-6-8-16(15)23/h5-8,17-18,23-24H,3-4,9-14H2,1-2H3. The van der Waals surface area contributed by atoms with E-state index in [2.05, 4.69) is 29.7 Å². The minimum absolute atomic E-state index is 0.00131. The van der Waals surface area contributed by atoms with Crippen LogP contribution in [0.5, 0.6) is 5.75 Å². The van der Waals surface area contributed by atoms with Crippen molar-refractivity contribution in [2.24, 2.45) is 10.8 Å². The van der Waals surface area contributed by atoms with Crippen LogP contribution in [0.4, 0.5) is 0 Å². The zero-order valence-corrected chi connectivity index (χ0v) is 14.9. The molecule has 1 aromatic carbocycles. The predicted octanol–water partition coefficient (Wildman–Crippen LogP) is 2.97. The first kappa shape index (κ1) is 16.4. The van der Waals surface area contributed by atoms with E-state index >= 15 is 0 Å². The summed E-state index contributed by atoms with van der Waals surface area (Å²) in [7, 11) is 0. The highest BCUT2D eigenvalue weighted by molar-refractivity contribution is 5.36. The molecule has 0 atom stereocenters. The first-order valence-corrected chi connectivity index (χ1v) is 9.49. The topological polar surface area (TPSA) is 46.9 Å². The quantitative estimate of drug-likeness (QED) is 0.871. The van der Waals surface area contributed by atoms with Crippen molar-refractivity contribution in [1.29, 1.82) is 0 Å². The van der Waals surface area contributed by atoms with Crippen molar-refractivity contribution in [1.82, 2.24) is 9.80 Å². The van der Waals surface area contributed by atoms with Crippen molar-refractivity contribution in [2.45, 2.75) is 51.8 Å². The molecule has 0 amide bonds. The molecule has 0 aliphatic carbocycles. The van der Waals surface area contributed by atoms with E-state index in [0.29, 0.717) is 5.75 Å². The number of aliphatic hydroxyl groups is 1. The normalized spacial score (nSPS) is 43.3. The maximum absolute atomic E-state index is 11.3. The van der Waals surface area contributed by atoms with Crippen LogP contribution < -0.4 is 0 Å². The second-order valence-electron chi connectivity index (χ2n) is 8.37. The number of benzene rings is 1. The Bertz CT molecular complexity index is 575. The van der Waals surface area contributed by atoms with Gasteiger partial charge in [-0.2, -0.15) is 0 Å². The highest BCUT2D eigenvalue weighted by Gasteiger charge is 2.64. The first-order valence-electron chi connectivity index (χ1n) is 9.49. The van der Waals surface area contributed by atoms with Crippen molar-refractivity contribution in [3.8, 4) is 5.75 Å². The van der Waals surface area contributed by atoms with Gasteiger partial charge in [-0.25, -0.2) is 0 Å². The van der Waals surface area contributed by atoms with Crippen LogP contribution >= 0.6 is 0 Å². The van der Waals surface area contributed by atoms with Gasteiger partial charge in [0, 0.05) is 42.6 Å². The molecule has 2 N–H and O–H groups in total. The van der Waals surface area contributed by atoms with Crippen LogP contribution in [0.1, 0.15) is 51.3 Å². The highest BCUT2D eigenvalue weighted by atomic mass is 16.3. The van der Waals surface area contributed by atoms with Gasteiger partial charge in [0.05, 0.1) is 12.3 Å². The van der Waals surface area contributed by atoms with Crippen molar-refractivity contribution in [2.75, 3.05) is 26.2 Å². The Morgan fingerprint density at radius 2 is 1.46 bits per heavy atom.